The predicted octanol–water partition coefficient (Wildman–Crippen LogP) is 8.36. The molecule has 2 atom stereocenters. The topological polar surface area (TPSA) is 44.8 Å². The summed E-state index contributed by atoms with van der Waals surface area (Å²) in [5.41, 5.74) is -2.33. The first-order valence-corrected chi connectivity index (χ1v) is 14.6. The van der Waals surface area contributed by atoms with Crippen LogP contribution in [0.1, 0.15) is 107 Å². The van der Waals surface area contributed by atoms with Crippen molar-refractivity contribution in [3.63, 3.8) is 0 Å². The van der Waals surface area contributed by atoms with Crippen molar-refractivity contribution in [3.8, 4) is 5.75 Å². The number of esters is 1. The van der Waals surface area contributed by atoms with Gasteiger partial charge in [-0.3, -0.25) is 0 Å². The lowest BCUT2D eigenvalue weighted by Gasteiger charge is -2.41. The van der Waals surface area contributed by atoms with Crippen molar-refractivity contribution in [2.75, 3.05) is 13.2 Å². The van der Waals surface area contributed by atoms with E-state index in [9.17, 15) is 22.4 Å². The molecule has 0 spiro atoms. The molecule has 1 aromatic carbocycles. The van der Waals surface area contributed by atoms with E-state index in [-0.39, 0.29) is 19.3 Å². The van der Waals surface area contributed by atoms with Crippen LogP contribution in [0, 0.1) is 29.5 Å². The number of ether oxygens (including phenoxy) is 3. The molecular formula is C30H42F4O4. The Kier molecular flexibility index (Phi) is 9.99. The minimum absolute atomic E-state index is 0.0609. The number of alkyl halides is 3. The van der Waals surface area contributed by atoms with E-state index in [2.05, 4.69) is 6.92 Å². The van der Waals surface area contributed by atoms with Gasteiger partial charge in [0.25, 0.3) is 0 Å². The highest BCUT2D eigenvalue weighted by Crippen LogP contribution is 2.44. The first kappa shape index (κ1) is 29.2. The Morgan fingerprint density at radius 3 is 2.11 bits per heavy atom. The second-order valence-corrected chi connectivity index (χ2v) is 11.5. The quantitative estimate of drug-likeness (QED) is 0.245. The third-order valence-corrected chi connectivity index (χ3v) is 9.05. The molecule has 2 aliphatic carbocycles. The zero-order valence-electron chi connectivity index (χ0n) is 22.7. The Labute approximate surface area is 223 Å². The van der Waals surface area contributed by atoms with Crippen LogP contribution < -0.4 is 4.74 Å². The van der Waals surface area contributed by atoms with Crippen LogP contribution in [0.5, 0.6) is 5.75 Å². The van der Waals surface area contributed by atoms with E-state index in [1.54, 1.807) is 0 Å². The van der Waals surface area contributed by atoms with Crippen molar-refractivity contribution in [1.29, 1.82) is 0 Å². The molecule has 1 aromatic rings. The van der Waals surface area contributed by atoms with E-state index in [0.29, 0.717) is 12.3 Å². The molecule has 3 fully saturated rings. The van der Waals surface area contributed by atoms with Crippen molar-refractivity contribution in [1.82, 2.24) is 0 Å². The molecule has 8 heteroatoms. The lowest BCUT2D eigenvalue weighted by molar-refractivity contribution is -0.141. The van der Waals surface area contributed by atoms with Gasteiger partial charge in [-0.2, -0.15) is 13.2 Å². The van der Waals surface area contributed by atoms with Gasteiger partial charge in [0.05, 0.1) is 24.9 Å². The van der Waals surface area contributed by atoms with Gasteiger partial charge in [-0.1, -0.05) is 32.6 Å². The summed E-state index contributed by atoms with van der Waals surface area (Å²) in [5, 5.41) is 0. The fourth-order valence-corrected chi connectivity index (χ4v) is 7.03. The summed E-state index contributed by atoms with van der Waals surface area (Å²) in [5.74, 6) is -0.287. The Morgan fingerprint density at radius 1 is 0.921 bits per heavy atom. The maximum atomic E-state index is 14.7. The smallest absolute Gasteiger partial charge is 0.422 e. The first-order chi connectivity index (χ1) is 18.2. The monoisotopic (exact) mass is 542 g/mol. The minimum atomic E-state index is -5.00. The molecule has 1 heterocycles. The van der Waals surface area contributed by atoms with Crippen molar-refractivity contribution >= 4 is 5.97 Å². The lowest BCUT2D eigenvalue weighted by Crippen LogP contribution is -2.38. The predicted molar refractivity (Wildman–Crippen MR) is 137 cm³/mol. The van der Waals surface area contributed by atoms with Crippen LogP contribution in [0.3, 0.4) is 0 Å². The molecule has 0 bridgehead atoms. The Hall–Kier alpha value is -1.83. The molecule has 0 aromatic heterocycles. The van der Waals surface area contributed by atoms with Crippen LogP contribution in [0.25, 0.3) is 0 Å². The third-order valence-electron chi connectivity index (χ3n) is 9.05. The maximum Gasteiger partial charge on any atom is 0.422 e. The van der Waals surface area contributed by atoms with Crippen LogP contribution in [-0.4, -0.2) is 31.4 Å². The Bertz CT molecular complexity index is 910. The standard InChI is InChI=1S/C30H42F4O4/c1-3-5-19-6-8-20(9-7-19)21-10-12-22(13-11-21)25-16-14-23(18-37-25)38-29(35)24-15-17-26(36-4-2)27(28(24)31)30(32,33)34/h15,17,19-23,25H,3-14,16,18H2,1-2H3. The van der Waals surface area contributed by atoms with Gasteiger partial charge in [0.2, 0.25) is 0 Å². The number of halogens is 4. The maximum absolute atomic E-state index is 14.7. The van der Waals surface area contributed by atoms with Gasteiger partial charge in [0, 0.05) is 0 Å². The molecule has 3 aliphatic rings. The molecular weight excluding hydrogens is 500 g/mol. The number of carbonyl (C=O) groups excluding carboxylic acids is 1. The number of hydrogen-bond acceptors (Lipinski definition) is 4. The third kappa shape index (κ3) is 7.02. The van der Waals surface area contributed by atoms with Crippen LogP contribution in [0.2, 0.25) is 0 Å². The van der Waals surface area contributed by atoms with E-state index in [0.717, 1.165) is 49.1 Å². The molecule has 1 aliphatic heterocycles. The van der Waals surface area contributed by atoms with Gasteiger partial charge in [0.1, 0.15) is 17.4 Å². The highest BCUT2D eigenvalue weighted by molar-refractivity contribution is 5.90. The second-order valence-electron chi connectivity index (χ2n) is 11.5. The van der Waals surface area contributed by atoms with Crippen molar-refractivity contribution in [3.05, 3.63) is 29.1 Å². The zero-order valence-corrected chi connectivity index (χ0v) is 22.7. The molecule has 4 nitrogen and oxygen atoms in total. The molecule has 2 saturated carbocycles. The number of rotatable bonds is 8. The largest absolute Gasteiger partial charge is 0.493 e. The minimum Gasteiger partial charge on any atom is -0.493 e. The summed E-state index contributed by atoms with van der Waals surface area (Å²) in [6.07, 6.45) is 8.84. The first-order valence-electron chi connectivity index (χ1n) is 14.6. The Balaban J connectivity index is 1.24. The average molecular weight is 543 g/mol. The van der Waals surface area contributed by atoms with E-state index >= 15 is 0 Å². The molecule has 4 rings (SSSR count). The number of hydrogen-bond donors (Lipinski definition) is 0. The average Bonchev–Trinajstić information content (AvgIpc) is 2.89. The van der Waals surface area contributed by atoms with Crippen molar-refractivity contribution in [2.24, 2.45) is 23.7 Å². The molecule has 2 unspecified atom stereocenters. The highest BCUT2D eigenvalue weighted by atomic mass is 19.4. The highest BCUT2D eigenvalue weighted by Gasteiger charge is 2.41. The van der Waals surface area contributed by atoms with Crippen molar-refractivity contribution < 1.29 is 36.6 Å². The number of benzene rings is 1. The van der Waals surface area contributed by atoms with E-state index < -0.39 is 40.9 Å². The summed E-state index contributed by atoms with van der Waals surface area (Å²) < 4.78 is 71.4. The zero-order chi connectivity index (χ0) is 27.3. The summed E-state index contributed by atoms with van der Waals surface area (Å²) in [4.78, 5) is 12.6. The van der Waals surface area contributed by atoms with Gasteiger partial charge in [0.15, 0.2) is 5.82 Å². The van der Waals surface area contributed by atoms with Gasteiger partial charge >= 0.3 is 12.1 Å². The summed E-state index contributed by atoms with van der Waals surface area (Å²) in [7, 11) is 0. The summed E-state index contributed by atoms with van der Waals surface area (Å²) >= 11 is 0. The van der Waals surface area contributed by atoms with E-state index in [1.165, 1.54) is 58.3 Å². The molecule has 38 heavy (non-hydrogen) atoms. The van der Waals surface area contributed by atoms with Crippen LogP contribution in [0.15, 0.2) is 12.1 Å². The van der Waals surface area contributed by atoms with Gasteiger partial charge in [-0.05, 0) is 94.1 Å². The molecule has 214 valence electrons. The second kappa shape index (κ2) is 13.0. The normalized spacial score (nSPS) is 30.6. The van der Waals surface area contributed by atoms with Gasteiger partial charge in [-0.15, -0.1) is 0 Å². The molecule has 0 N–H and O–H groups in total. The SMILES string of the molecule is CCCC1CCC(C2CCC(C3CCC(OC(=O)c4ccc(OCC)c(C(F)(F)F)c4F)CO3)CC2)CC1. The molecule has 1 saturated heterocycles. The molecule has 0 radical (unpaired) electrons. The summed E-state index contributed by atoms with van der Waals surface area (Å²) in [6.45, 7) is 3.90. The van der Waals surface area contributed by atoms with Crippen LogP contribution in [0.4, 0.5) is 17.6 Å². The lowest BCUT2D eigenvalue weighted by atomic mass is 9.68. The van der Waals surface area contributed by atoms with Gasteiger partial charge < -0.3 is 14.2 Å². The number of carbonyl (C=O) groups is 1. The fraction of sp³-hybridized carbons (Fsp3) is 0.767. The summed E-state index contributed by atoms with van der Waals surface area (Å²) in [6, 6.07) is 1.95. The van der Waals surface area contributed by atoms with Crippen LogP contribution >= 0.6 is 0 Å². The van der Waals surface area contributed by atoms with E-state index in [1.807, 2.05) is 0 Å². The van der Waals surface area contributed by atoms with Crippen molar-refractivity contribution in [2.45, 2.75) is 109 Å². The molecule has 0 amide bonds. The van der Waals surface area contributed by atoms with E-state index in [4.69, 9.17) is 14.2 Å². The fourth-order valence-electron chi connectivity index (χ4n) is 7.03. The van der Waals surface area contributed by atoms with Gasteiger partial charge in [-0.25, -0.2) is 9.18 Å². The Morgan fingerprint density at radius 2 is 1.55 bits per heavy atom. The van der Waals surface area contributed by atoms with Crippen LogP contribution in [-0.2, 0) is 15.7 Å².